The van der Waals surface area contributed by atoms with Gasteiger partial charge in [0.2, 0.25) is 0 Å². The molecule has 5 heteroatoms. The Morgan fingerprint density at radius 3 is 2.80 bits per heavy atom. The van der Waals surface area contributed by atoms with Gasteiger partial charge in [0.1, 0.15) is 11.5 Å². The molecule has 1 aromatic carbocycles. The van der Waals surface area contributed by atoms with Crippen molar-refractivity contribution in [2.75, 3.05) is 20.3 Å². The van der Waals surface area contributed by atoms with Crippen LogP contribution in [-0.4, -0.2) is 25.2 Å². The Morgan fingerprint density at radius 1 is 1.30 bits per heavy atom. The number of ether oxygens (including phenoxy) is 2. The Balaban J connectivity index is 2.01. The highest BCUT2D eigenvalue weighted by Crippen LogP contribution is 2.25. The molecule has 2 N–H and O–H groups in total. The van der Waals surface area contributed by atoms with Gasteiger partial charge in [-0.25, -0.2) is 4.98 Å². The summed E-state index contributed by atoms with van der Waals surface area (Å²) in [5, 5.41) is 0. The van der Waals surface area contributed by atoms with E-state index in [1.54, 1.807) is 18.4 Å². The number of nitrogens with two attached hydrogens (primary N) is 1. The fourth-order valence-electron chi connectivity index (χ4n) is 1.98. The average molecular weight is 292 g/mol. The second-order valence-corrected chi connectivity index (χ2v) is 5.41. The highest BCUT2D eigenvalue weighted by Gasteiger charge is 2.07. The number of thiazole rings is 1. The molecule has 0 aliphatic heterocycles. The molecule has 0 saturated carbocycles. The van der Waals surface area contributed by atoms with Crippen molar-refractivity contribution < 1.29 is 9.47 Å². The second kappa shape index (κ2) is 7.26. The van der Waals surface area contributed by atoms with E-state index in [1.165, 1.54) is 4.88 Å². The van der Waals surface area contributed by atoms with Crippen molar-refractivity contribution in [3.8, 4) is 11.5 Å². The first-order chi connectivity index (χ1) is 9.74. The van der Waals surface area contributed by atoms with Gasteiger partial charge >= 0.3 is 0 Å². The van der Waals surface area contributed by atoms with E-state index >= 15 is 0 Å². The SMILES string of the molecule is COc1ccc(CCN)c(OCCc2scnc2C)c1. The number of nitrogens with zero attached hydrogens (tertiary/aromatic N) is 1. The van der Waals surface area contributed by atoms with E-state index in [2.05, 4.69) is 4.98 Å². The van der Waals surface area contributed by atoms with Crippen molar-refractivity contribution >= 4 is 11.3 Å². The lowest BCUT2D eigenvalue weighted by Gasteiger charge is -2.12. The molecule has 0 spiro atoms. The van der Waals surface area contributed by atoms with Crippen LogP contribution in [0, 0.1) is 6.92 Å². The summed E-state index contributed by atoms with van der Waals surface area (Å²) in [6.07, 6.45) is 1.68. The number of methoxy groups -OCH3 is 1. The van der Waals surface area contributed by atoms with Crippen molar-refractivity contribution in [3.63, 3.8) is 0 Å². The summed E-state index contributed by atoms with van der Waals surface area (Å²) in [5.41, 5.74) is 9.71. The summed E-state index contributed by atoms with van der Waals surface area (Å²) < 4.78 is 11.1. The first kappa shape index (κ1) is 14.8. The van der Waals surface area contributed by atoms with Crippen molar-refractivity contribution in [1.82, 2.24) is 4.98 Å². The molecule has 2 aromatic rings. The third-order valence-corrected chi connectivity index (χ3v) is 4.11. The number of aromatic nitrogens is 1. The predicted molar refractivity (Wildman–Crippen MR) is 81.8 cm³/mol. The standard InChI is InChI=1S/C15H20N2O2S/c1-11-15(20-10-17-11)6-8-19-14-9-13(18-2)4-3-12(14)5-7-16/h3-4,9-10H,5-8,16H2,1-2H3. The van der Waals surface area contributed by atoms with Gasteiger partial charge in [-0.05, 0) is 31.5 Å². The zero-order valence-electron chi connectivity index (χ0n) is 11.9. The van der Waals surface area contributed by atoms with Gasteiger partial charge in [0, 0.05) is 17.4 Å². The monoisotopic (exact) mass is 292 g/mol. The molecule has 0 fully saturated rings. The van der Waals surface area contributed by atoms with Crippen LogP contribution in [0.2, 0.25) is 0 Å². The molecule has 0 atom stereocenters. The topological polar surface area (TPSA) is 57.4 Å². The average Bonchev–Trinajstić information content (AvgIpc) is 2.86. The Labute approximate surface area is 123 Å². The fraction of sp³-hybridized carbons (Fsp3) is 0.400. The molecule has 108 valence electrons. The van der Waals surface area contributed by atoms with E-state index in [1.807, 2.05) is 30.6 Å². The predicted octanol–water partition coefficient (Wildman–Crippen LogP) is 2.58. The van der Waals surface area contributed by atoms with Gasteiger partial charge in [-0.3, -0.25) is 0 Å². The molecule has 0 aliphatic rings. The summed E-state index contributed by atoms with van der Waals surface area (Å²) in [6.45, 7) is 3.27. The Kier molecular flexibility index (Phi) is 5.38. The van der Waals surface area contributed by atoms with E-state index in [4.69, 9.17) is 15.2 Å². The maximum Gasteiger partial charge on any atom is 0.126 e. The van der Waals surface area contributed by atoms with Crippen LogP contribution in [0.15, 0.2) is 23.7 Å². The van der Waals surface area contributed by atoms with E-state index < -0.39 is 0 Å². The van der Waals surface area contributed by atoms with Crippen LogP contribution in [0.25, 0.3) is 0 Å². The molecule has 2 rings (SSSR count). The molecule has 0 bridgehead atoms. The highest BCUT2D eigenvalue weighted by atomic mass is 32.1. The molecule has 0 radical (unpaired) electrons. The van der Waals surface area contributed by atoms with Gasteiger partial charge in [0.05, 0.1) is 24.9 Å². The Morgan fingerprint density at radius 2 is 2.15 bits per heavy atom. The summed E-state index contributed by atoms with van der Waals surface area (Å²) in [5.74, 6) is 1.66. The van der Waals surface area contributed by atoms with Crippen molar-refractivity contribution in [2.24, 2.45) is 5.73 Å². The number of hydrogen-bond donors (Lipinski definition) is 1. The number of benzene rings is 1. The fourth-order valence-corrected chi connectivity index (χ4v) is 2.74. The first-order valence-corrected chi connectivity index (χ1v) is 7.51. The van der Waals surface area contributed by atoms with Crippen molar-refractivity contribution in [2.45, 2.75) is 19.8 Å². The normalized spacial score (nSPS) is 10.6. The molecular formula is C15H20N2O2S. The molecule has 0 aliphatic carbocycles. The smallest absolute Gasteiger partial charge is 0.126 e. The zero-order valence-corrected chi connectivity index (χ0v) is 12.7. The maximum atomic E-state index is 5.90. The van der Waals surface area contributed by atoms with Crippen LogP contribution >= 0.6 is 11.3 Å². The van der Waals surface area contributed by atoms with Crippen LogP contribution in [-0.2, 0) is 12.8 Å². The molecule has 1 aromatic heterocycles. The third kappa shape index (κ3) is 3.71. The lowest BCUT2D eigenvalue weighted by atomic mass is 10.1. The molecule has 0 unspecified atom stereocenters. The van der Waals surface area contributed by atoms with Crippen LogP contribution in [0.4, 0.5) is 0 Å². The zero-order chi connectivity index (χ0) is 14.4. The van der Waals surface area contributed by atoms with Crippen LogP contribution in [0.5, 0.6) is 11.5 Å². The summed E-state index contributed by atoms with van der Waals surface area (Å²) in [7, 11) is 1.66. The van der Waals surface area contributed by atoms with Gasteiger partial charge in [0.25, 0.3) is 0 Å². The molecular weight excluding hydrogens is 272 g/mol. The van der Waals surface area contributed by atoms with E-state index in [-0.39, 0.29) is 0 Å². The molecule has 4 nitrogen and oxygen atoms in total. The minimum atomic E-state index is 0.608. The van der Waals surface area contributed by atoms with E-state index in [0.29, 0.717) is 13.2 Å². The molecule has 20 heavy (non-hydrogen) atoms. The number of hydrogen-bond acceptors (Lipinski definition) is 5. The largest absolute Gasteiger partial charge is 0.497 e. The van der Waals surface area contributed by atoms with Gasteiger partial charge in [-0.1, -0.05) is 6.07 Å². The molecule has 1 heterocycles. The van der Waals surface area contributed by atoms with E-state index in [0.717, 1.165) is 35.6 Å². The second-order valence-electron chi connectivity index (χ2n) is 4.47. The van der Waals surface area contributed by atoms with Gasteiger partial charge in [-0.2, -0.15) is 0 Å². The number of rotatable bonds is 7. The summed E-state index contributed by atoms with van der Waals surface area (Å²) in [4.78, 5) is 5.51. The molecule has 0 saturated heterocycles. The van der Waals surface area contributed by atoms with Gasteiger partial charge in [0.15, 0.2) is 0 Å². The van der Waals surface area contributed by atoms with E-state index in [9.17, 15) is 0 Å². The minimum absolute atomic E-state index is 0.608. The Hall–Kier alpha value is -1.59. The number of aryl methyl sites for hydroxylation is 1. The van der Waals surface area contributed by atoms with Gasteiger partial charge in [-0.15, -0.1) is 11.3 Å². The van der Waals surface area contributed by atoms with Crippen molar-refractivity contribution in [3.05, 3.63) is 39.8 Å². The third-order valence-electron chi connectivity index (χ3n) is 3.12. The molecule has 0 amide bonds. The van der Waals surface area contributed by atoms with Crippen LogP contribution < -0.4 is 15.2 Å². The maximum absolute atomic E-state index is 5.90. The van der Waals surface area contributed by atoms with Gasteiger partial charge < -0.3 is 15.2 Å². The van der Waals surface area contributed by atoms with Crippen LogP contribution in [0.3, 0.4) is 0 Å². The van der Waals surface area contributed by atoms with Crippen LogP contribution in [0.1, 0.15) is 16.1 Å². The lowest BCUT2D eigenvalue weighted by molar-refractivity contribution is 0.316. The highest BCUT2D eigenvalue weighted by molar-refractivity contribution is 7.09. The quantitative estimate of drug-likeness (QED) is 0.852. The first-order valence-electron chi connectivity index (χ1n) is 6.63. The minimum Gasteiger partial charge on any atom is -0.497 e. The lowest BCUT2D eigenvalue weighted by Crippen LogP contribution is -2.07. The van der Waals surface area contributed by atoms with Crippen molar-refractivity contribution in [1.29, 1.82) is 0 Å². The summed E-state index contributed by atoms with van der Waals surface area (Å²) >= 11 is 1.67. The Bertz CT molecular complexity index is 555. The summed E-state index contributed by atoms with van der Waals surface area (Å²) in [6, 6.07) is 5.87.